The van der Waals surface area contributed by atoms with E-state index in [2.05, 4.69) is 28.2 Å². The lowest BCUT2D eigenvalue weighted by Gasteiger charge is -2.13. The highest BCUT2D eigenvalue weighted by atomic mass is 79.9. The molecular formula is C11H16BrNO2. The van der Waals surface area contributed by atoms with E-state index >= 15 is 0 Å². The fraction of sp³-hybridized carbons (Fsp3) is 0.455. The zero-order chi connectivity index (χ0) is 11.3. The van der Waals surface area contributed by atoms with E-state index in [1.54, 1.807) is 14.2 Å². The van der Waals surface area contributed by atoms with Crippen LogP contribution in [0.15, 0.2) is 16.6 Å². The number of nitrogens with one attached hydrogen (secondary N) is 1. The SMILES string of the molecule is CCNCc1cc(Br)cc(OC)c1OC. The second-order valence-corrected chi connectivity index (χ2v) is 4.00. The Kier molecular flexibility index (Phi) is 4.91. The lowest BCUT2D eigenvalue weighted by Crippen LogP contribution is -2.12. The van der Waals surface area contributed by atoms with Crippen LogP contribution in [0, 0.1) is 0 Å². The van der Waals surface area contributed by atoms with Crippen LogP contribution in [0.2, 0.25) is 0 Å². The van der Waals surface area contributed by atoms with Gasteiger partial charge in [0.15, 0.2) is 11.5 Å². The van der Waals surface area contributed by atoms with Crippen LogP contribution >= 0.6 is 15.9 Å². The van der Waals surface area contributed by atoms with Crippen molar-refractivity contribution in [2.24, 2.45) is 0 Å². The van der Waals surface area contributed by atoms with Crippen molar-refractivity contribution in [2.45, 2.75) is 13.5 Å². The molecule has 0 aliphatic rings. The Balaban J connectivity index is 3.05. The van der Waals surface area contributed by atoms with Crippen LogP contribution in [-0.2, 0) is 6.54 Å². The smallest absolute Gasteiger partial charge is 0.165 e. The molecule has 0 spiro atoms. The van der Waals surface area contributed by atoms with Crippen molar-refractivity contribution >= 4 is 15.9 Å². The average molecular weight is 274 g/mol. The third kappa shape index (κ3) is 3.11. The molecule has 15 heavy (non-hydrogen) atoms. The Bertz CT molecular complexity index is 329. The lowest BCUT2D eigenvalue weighted by molar-refractivity contribution is 0.350. The summed E-state index contributed by atoms with van der Waals surface area (Å²) in [7, 11) is 3.29. The summed E-state index contributed by atoms with van der Waals surface area (Å²) < 4.78 is 11.6. The number of hydrogen-bond donors (Lipinski definition) is 1. The average Bonchev–Trinajstić information content (AvgIpc) is 2.25. The minimum Gasteiger partial charge on any atom is -0.493 e. The highest BCUT2D eigenvalue weighted by molar-refractivity contribution is 9.10. The van der Waals surface area contributed by atoms with E-state index < -0.39 is 0 Å². The first-order chi connectivity index (χ1) is 7.22. The van der Waals surface area contributed by atoms with Crippen LogP contribution in [-0.4, -0.2) is 20.8 Å². The van der Waals surface area contributed by atoms with Crippen molar-refractivity contribution in [3.8, 4) is 11.5 Å². The van der Waals surface area contributed by atoms with E-state index in [4.69, 9.17) is 9.47 Å². The molecule has 84 valence electrons. The van der Waals surface area contributed by atoms with Crippen molar-refractivity contribution in [2.75, 3.05) is 20.8 Å². The Morgan fingerprint density at radius 2 is 2.00 bits per heavy atom. The van der Waals surface area contributed by atoms with Gasteiger partial charge < -0.3 is 14.8 Å². The molecule has 0 aromatic heterocycles. The summed E-state index contributed by atoms with van der Waals surface area (Å²) in [6.07, 6.45) is 0. The van der Waals surface area contributed by atoms with Gasteiger partial charge in [-0.3, -0.25) is 0 Å². The van der Waals surface area contributed by atoms with Crippen LogP contribution in [0.1, 0.15) is 12.5 Å². The molecule has 0 aliphatic heterocycles. The Morgan fingerprint density at radius 1 is 1.27 bits per heavy atom. The standard InChI is InChI=1S/C11H16BrNO2/c1-4-13-7-8-5-9(12)6-10(14-2)11(8)15-3/h5-6,13H,4,7H2,1-3H3. The number of halogens is 1. The Morgan fingerprint density at radius 3 is 2.53 bits per heavy atom. The molecule has 0 saturated carbocycles. The molecule has 1 N–H and O–H groups in total. The molecule has 3 nitrogen and oxygen atoms in total. The van der Waals surface area contributed by atoms with E-state index in [1.807, 2.05) is 12.1 Å². The molecule has 0 radical (unpaired) electrons. The van der Waals surface area contributed by atoms with Gasteiger partial charge in [0.2, 0.25) is 0 Å². The topological polar surface area (TPSA) is 30.5 Å². The molecule has 0 aliphatic carbocycles. The van der Waals surface area contributed by atoms with Gasteiger partial charge >= 0.3 is 0 Å². The van der Waals surface area contributed by atoms with E-state index in [1.165, 1.54) is 0 Å². The molecular weight excluding hydrogens is 258 g/mol. The van der Waals surface area contributed by atoms with Crippen molar-refractivity contribution in [1.82, 2.24) is 5.32 Å². The van der Waals surface area contributed by atoms with Crippen LogP contribution in [0.5, 0.6) is 11.5 Å². The van der Waals surface area contributed by atoms with Gasteiger partial charge in [-0.25, -0.2) is 0 Å². The van der Waals surface area contributed by atoms with Crippen molar-refractivity contribution < 1.29 is 9.47 Å². The fourth-order valence-electron chi connectivity index (χ4n) is 1.40. The minimum absolute atomic E-state index is 0.750. The molecule has 0 amide bonds. The molecule has 1 aromatic carbocycles. The Labute approximate surface area is 98.9 Å². The van der Waals surface area contributed by atoms with Crippen LogP contribution in [0.25, 0.3) is 0 Å². The van der Waals surface area contributed by atoms with Gasteiger partial charge in [0.05, 0.1) is 14.2 Å². The summed E-state index contributed by atoms with van der Waals surface area (Å²) in [5.74, 6) is 1.54. The minimum atomic E-state index is 0.750. The maximum absolute atomic E-state index is 5.33. The summed E-state index contributed by atoms with van der Waals surface area (Å²) in [5.41, 5.74) is 1.09. The summed E-state index contributed by atoms with van der Waals surface area (Å²) >= 11 is 3.45. The van der Waals surface area contributed by atoms with Crippen LogP contribution in [0.3, 0.4) is 0 Å². The first kappa shape index (κ1) is 12.3. The molecule has 1 aromatic rings. The highest BCUT2D eigenvalue weighted by Gasteiger charge is 2.10. The highest BCUT2D eigenvalue weighted by Crippen LogP contribution is 2.34. The van der Waals surface area contributed by atoms with Gasteiger partial charge in [0.1, 0.15) is 0 Å². The third-order valence-corrected chi connectivity index (χ3v) is 2.54. The van der Waals surface area contributed by atoms with Gasteiger partial charge in [-0.1, -0.05) is 22.9 Å². The van der Waals surface area contributed by atoms with Gasteiger partial charge in [-0.05, 0) is 18.7 Å². The van der Waals surface area contributed by atoms with Crippen molar-refractivity contribution in [1.29, 1.82) is 0 Å². The molecule has 0 fully saturated rings. The van der Waals surface area contributed by atoms with E-state index in [0.717, 1.165) is 34.6 Å². The largest absolute Gasteiger partial charge is 0.493 e. The van der Waals surface area contributed by atoms with Gasteiger partial charge in [0, 0.05) is 16.6 Å². The first-order valence-corrected chi connectivity index (χ1v) is 5.63. The zero-order valence-electron chi connectivity index (χ0n) is 9.26. The predicted octanol–water partition coefficient (Wildman–Crippen LogP) is 2.58. The quantitative estimate of drug-likeness (QED) is 0.895. The van der Waals surface area contributed by atoms with E-state index in [0.29, 0.717) is 0 Å². The van der Waals surface area contributed by atoms with Crippen molar-refractivity contribution in [3.05, 3.63) is 22.2 Å². The second-order valence-electron chi connectivity index (χ2n) is 3.08. The summed E-state index contributed by atoms with van der Waals surface area (Å²) in [5, 5.41) is 3.26. The fourth-order valence-corrected chi connectivity index (χ4v) is 1.88. The maximum Gasteiger partial charge on any atom is 0.165 e. The molecule has 0 bridgehead atoms. The normalized spacial score (nSPS) is 10.1. The van der Waals surface area contributed by atoms with Gasteiger partial charge in [-0.15, -0.1) is 0 Å². The summed E-state index contributed by atoms with van der Waals surface area (Å²) in [4.78, 5) is 0. The first-order valence-electron chi connectivity index (χ1n) is 4.84. The van der Waals surface area contributed by atoms with E-state index in [9.17, 15) is 0 Å². The number of hydrogen-bond acceptors (Lipinski definition) is 3. The van der Waals surface area contributed by atoms with Crippen LogP contribution in [0.4, 0.5) is 0 Å². The van der Waals surface area contributed by atoms with E-state index in [-0.39, 0.29) is 0 Å². The summed E-state index contributed by atoms with van der Waals surface area (Å²) in [6.45, 7) is 3.77. The maximum atomic E-state index is 5.33. The van der Waals surface area contributed by atoms with Crippen molar-refractivity contribution in [3.63, 3.8) is 0 Å². The molecule has 4 heteroatoms. The van der Waals surface area contributed by atoms with Gasteiger partial charge in [0.25, 0.3) is 0 Å². The molecule has 0 atom stereocenters. The predicted molar refractivity (Wildman–Crippen MR) is 64.6 cm³/mol. The van der Waals surface area contributed by atoms with Crippen LogP contribution < -0.4 is 14.8 Å². The molecule has 0 heterocycles. The second kappa shape index (κ2) is 5.98. The summed E-state index contributed by atoms with van der Waals surface area (Å²) in [6, 6.07) is 3.93. The molecule has 1 rings (SSSR count). The molecule has 0 saturated heterocycles. The monoisotopic (exact) mass is 273 g/mol. The number of benzene rings is 1. The lowest BCUT2D eigenvalue weighted by atomic mass is 10.2. The number of ether oxygens (including phenoxy) is 2. The number of rotatable bonds is 5. The van der Waals surface area contributed by atoms with Gasteiger partial charge in [-0.2, -0.15) is 0 Å². The Hall–Kier alpha value is -0.740. The number of methoxy groups -OCH3 is 2. The third-order valence-electron chi connectivity index (χ3n) is 2.09. The zero-order valence-corrected chi connectivity index (χ0v) is 10.8. The molecule has 0 unspecified atom stereocenters.